The zero-order valence-electron chi connectivity index (χ0n) is 9.87. The van der Waals surface area contributed by atoms with E-state index in [2.05, 4.69) is 5.32 Å². The standard InChI is InChI=1S/C11H10N2O6/c1-5-9(15)12-8(14)4-13(5)10(16)6-2-3-7(19-6)11(17)18/h2-3,5H,4H2,1H3,(H,17,18)(H,12,14,15). The Morgan fingerprint density at radius 1 is 1.37 bits per heavy atom. The molecule has 2 rings (SSSR count). The van der Waals surface area contributed by atoms with Gasteiger partial charge in [-0.3, -0.25) is 19.7 Å². The summed E-state index contributed by atoms with van der Waals surface area (Å²) in [5.74, 6) is -3.81. The topological polar surface area (TPSA) is 117 Å². The molecule has 1 unspecified atom stereocenters. The van der Waals surface area contributed by atoms with Crippen molar-refractivity contribution in [3.8, 4) is 0 Å². The van der Waals surface area contributed by atoms with E-state index in [1.54, 1.807) is 0 Å². The van der Waals surface area contributed by atoms with Crippen LogP contribution < -0.4 is 5.32 Å². The molecule has 19 heavy (non-hydrogen) atoms. The minimum atomic E-state index is -1.31. The quantitative estimate of drug-likeness (QED) is 0.694. The fourth-order valence-electron chi connectivity index (χ4n) is 1.67. The third kappa shape index (κ3) is 2.32. The van der Waals surface area contributed by atoms with Crippen LogP contribution in [0.15, 0.2) is 16.5 Å². The summed E-state index contributed by atoms with van der Waals surface area (Å²) in [4.78, 5) is 46.4. The van der Waals surface area contributed by atoms with E-state index in [1.807, 2.05) is 0 Å². The zero-order valence-corrected chi connectivity index (χ0v) is 9.87. The van der Waals surface area contributed by atoms with E-state index in [9.17, 15) is 19.2 Å². The minimum Gasteiger partial charge on any atom is -0.475 e. The summed E-state index contributed by atoms with van der Waals surface area (Å²) in [6, 6.07) is 1.49. The minimum absolute atomic E-state index is 0.230. The summed E-state index contributed by atoms with van der Waals surface area (Å²) in [5, 5.41) is 10.8. The molecule has 1 aliphatic heterocycles. The molecule has 1 aliphatic rings. The summed E-state index contributed by atoms with van der Waals surface area (Å²) in [5.41, 5.74) is 0. The summed E-state index contributed by atoms with van der Waals surface area (Å²) < 4.78 is 4.85. The summed E-state index contributed by atoms with van der Waals surface area (Å²) in [6.07, 6.45) is 0. The van der Waals surface area contributed by atoms with Crippen molar-refractivity contribution in [1.29, 1.82) is 0 Å². The lowest BCUT2D eigenvalue weighted by Crippen LogP contribution is -2.58. The van der Waals surface area contributed by atoms with Crippen LogP contribution in [-0.4, -0.2) is 46.3 Å². The second-order valence-corrected chi connectivity index (χ2v) is 3.99. The van der Waals surface area contributed by atoms with Crippen molar-refractivity contribution in [2.24, 2.45) is 0 Å². The number of piperazine rings is 1. The van der Waals surface area contributed by atoms with Gasteiger partial charge in [0.05, 0.1) is 0 Å². The number of carboxylic acids is 1. The number of carboxylic acid groups (broad SMARTS) is 1. The number of furan rings is 1. The highest BCUT2D eigenvalue weighted by molar-refractivity contribution is 6.06. The molecule has 1 saturated heterocycles. The van der Waals surface area contributed by atoms with Crippen molar-refractivity contribution in [3.63, 3.8) is 0 Å². The average molecular weight is 266 g/mol. The molecule has 1 aromatic heterocycles. The Labute approximate surface area is 107 Å². The lowest BCUT2D eigenvalue weighted by Gasteiger charge is -2.30. The molecule has 3 amide bonds. The molecule has 1 atom stereocenters. The fraction of sp³-hybridized carbons (Fsp3) is 0.273. The van der Waals surface area contributed by atoms with Gasteiger partial charge in [-0.05, 0) is 19.1 Å². The maximum Gasteiger partial charge on any atom is 0.371 e. The number of carbonyl (C=O) groups is 4. The molecular formula is C11H10N2O6. The Kier molecular flexibility index (Phi) is 3.07. The van der Waals surface area contributed by atoms with E-state index in [-0.39, 0.29) is 18.1 Å². The number of imide groups is 1. The second kappa shape index (κ2) is 4.56. The SMILES string of the molecule is CC1C(=O)NC(=O)CN1C(=O)c1ccc(C(=O)O)o1. The third-order valence-electron chi connectivity index (χ3n) is 2.71. The van der Waals surface area contributed by atoms with E-state index in [4.69, 9.17) is 9.52 Å². The molecule has 2 N–H and O–H groups in total. The van der Waals surface area contributed by atoms with Gasteiger partial charge in [0.2, 0.25) is 17.6 Å². The molecule has 0 bridgehead atoms. The van der Waals surface area contributed by atoms with Gasteiger partial charge in [0.25, 0.3) is 5.91 Å². The van der Waals surface area contributed by atoms with Gasteiger partial charge in [-0.2, -0.15) is 0 Å². The number of hydrogen-bond acceptors (Lipinski definition) is 5. The van der Waals surface area contributed by atoms with Crippen LogP contribution in [-0.2, 0) is 9.59 Å². The molecule has 1 fully saturated rings. The van der Waals surface area contributed by atoms with E-state index in [0.717, 1.165) is 11.0 Å². The molecule has 8 nitrogen and oxygen atoms in total. The van der Waals surface area contributed by atoms with Crippen molar-refractivity contribution in [1.82, 2.24) is 10.2 Å². The maximum atomic E-state index is 12.0. The molecule has 0 spiro atoms. The number of nitrogens with one attached hydrogen (secondary N) is 1. The largest absolute Gasteiger partial charge is 0.475 e. The molecule has 0 radical (unpaired) electrons. The number of rotatable bonds is 2. The Balaban J connectivity index is 2.24. The highest BCUT2D eigenvalue weighted by Crippen LogP contribution is 2.14. The number of hydrogen-bond donors (Lipinski definition) is 2. The van der Waals surface area contributed by atoms with Crippen LogP contribution in [0.5, 0.6) is 0 Å². The Morgan fingerprint density at radius 2 is 2.00 bits per heavy atom. The maximum absolute atomic E-state index is 12.0. The number of aromatic carboxylic acids is 1. The summed E-state index contributed by atoms with van der Waals surface area (Å²) in [7, 11) is 0. The smallest absolute Gasteiger partial charge is 0.371 e. The Morgan fingerprint density at radius 3 is 2.58 bits per heavy atom. The first-order chi connectivity index (χ1) is 8.90. The molecule has 2 heterocycles. The van der Waals surface area contributed by atoms with E-state index in [0.29, 0.717) is 0 Å². The van der Waals surface area contributed by atoms with Gasteiger partial charge < -0.3 is 14.4 Å². The first-order valence-corrected chi connectivity index (χ1v) is 5.38. The fourth-order valence-corrected chi connectivity index (χ4v) is 1.67. The highest BCUT2D eigenvalue weighted by atomic mass is 16.4. The normalized spacial score (nSPS) is 19.2. The van der Waals surface area contributed by atoms with E-state index in [1.165, 1.54) is 13.0 Å². The molecule has 100 valence electrons. The monoisotopic (exact) mass is 266 g/mol. The predicted molar refractivity (Wildman–Crippen MR) is 59.3 cm³/mol. The van der Waals surface area contributed by atoms with Gasteiger partial charge in [-0.1, -0.05) is 0 Å². The van der Waals surface area contributed by atoms with Gasteiger partial charge in [-0.15, -0.1) is 0 Å². The predicted octanol–water partition coefficient (Wildman–Crippen LogP) is -0.535. The van der Waals surface area contributed by atoms with Crippen LogP contribution in [0.1, 0.15) is 28.0 Å². The molecule has 0 aliphatic carbocycles. The molecule has 0 saturated carbocycles. The van der Waals surface area contributed by atoms with Crippen molar-refractivity contribution in [2.45, 2.75) is 13.0 Å². The molecule has 0 aromatic carbocycles. The number of nitrogens with zero attached hydrogens (tertiary/aromatic N) is 1. The molecule has 8 heteroatoms. The van der Waals surface area contributed by atoms with Gasteiger partial charge in [0.1, 0.15) is 12.6 Å². The zero-order chi connectivity index (χ0) is 14.2. The highest BCUT2D eigenvalue weighted by Gasteiger charge is 2.35. The second-order valence-electron chi connectivity index (χ2n) is 3.99. The Hall–Kier alpha value is -2.64. The number of carbonyl (C=O) groups excluding carboxylic acids is 3. The van der Waals surface area contributed by atoms with Crippen molar-refractivity contribution in [3.05, 3.63) is 23.7 Å². The van der Waals surface area contributed by atoms with Gasteiger partial charge in [0, 0.05) is 0 Å². The van der Waals surface area contributed by atoms with Gasteiger partial charge in [-0.25, -0.2) is 4.79 Å². The van der Waals surface area contributed by atoms with E-state index >= 15 is 0 Å². The lowest BCUT2D eigenvalue weighted by atomic mass is 10.2. The third-order valence-corrected chi connectivity index (χ3v) is 2.71. The van der Waals surface area contributed by atoms with Gasteiger partial charge >= 0.3 is 5.97 Å². The Bertz CT molecular complexity index is 575. The summed E-state index contributed by atoms with van der Waals surface area (Å²) >= 11 is 0. The van der Waals surface area contributed by atoms with Crippen molar-refractivity contribution < 1.29 is 28.7 Å². The van der Waals surface area contributed by atoms with Crippen LogP contribution >= 0.6 is 0 Å². The first-order valence-electron chi connectivity index (χ1n) is 5.38. The number of amides is 3. The van der Waals surface area contributed by atoms with Gasteiger partial charge in [0.15, 0.2) is 5.76 Å². The molecular weight excluding hydrogens is 256 g/mol. The van der Waals surface area contributed by atoms with Crippen molar-refractivity contribution in [2.75, 3.05) is 6.54 Å². The first kappa shape index (κ1) is 12.8. The lowest BCUT2D eigenvalue weighted by molar-refractivity contribution is -0.138. The van der Waals surface area contributed by atoms with Crippen molar-refractivity contribution >= 4 is 23.7 Å². The molecule has 1 aromatic rings. The summed E-state index contributed by atoms with van der Waals surface area (Å²) in [6.45, 7) is 1.18. The van der Waals surface area contributed by atoms with Crippen LogP contribution in [0, 0.1) is 0 Å². The van der Waals surface area contributed by atoms with Crippen LogP contribution in [0.4, 0.5) is 0 Å². The average Bonchev–Trinajstić information content (AvgIpc) is 2.82. The van der Waals surface area contributed by atoms with Crippen LogP contribution in [0.2, 0.25) is 0 Å². The van der Waals surface area contributed by atoms with E-state index < -0.39 is 29.7 Å². The van der Waals surface area contributed by atoms with Crippen LogP contribution in [0.25, 0.3) is 0 Å². The van der Waals surface area contributed by atoms with Crippen LogP contribution in [0.3, 0.4) is 0 Å².